The SMILES string of the molecule is CCN1CC2(C)CCC(O)C34C1C(CC23)C12CC(C(O)CC14)C(C)C2=O. The number of aliphatic hydroxyl groups is 2. The molecule has 1 heterocycles. The van der Waals surface area contributed by atoms with E-state index in [9.17, 15) is 15.0 Å². The van der Waals surface area contributed by atoms with Gasteiger partial charge in [0.25, 0.3) is 0 Å². The lowest BCUT2D eigenvalue weighted by Crippen LogP contribution is -2.68. The molecule has 5 saturated carbocycles. The van der Waals surface area contributed by atoms with Crippen molar-refractivity contribution in [3.8, 4) is 0 Å². The van der Waals surface area contributed by atoms with E-state index >= 15 is 0 Å². The Morgan fingerprint density at radius 1 is 1.23 bits per heavy atom. The lowest BCUT2D eigenvalue weighted by atomic mass is 9.43. The molecule has 6 fully saturated rings. The highest BCUT2D eigenvalue weighted by atomic mass is 16.3. The molecule has 1 aliphatic heterocycles. The predicted octanol–water partition coefficient (Wildman–Crippen LogP) is 2.08. The molecule has 2 spiro atoms. The molecule has 11 atom stereocenters. The van der Waals surface area contributed by atoms with E-state index in [0.717, 1.165) is 45.2 Å². The second kappa shape index (κ2) is 4.58. The first-order chi connectivity index (χ1) is 12.3. The van der Waals surface area contributed by atoms with Crippen LogP contribution in [0.5, 0.6) is 0 Å². The number of rotatable bonds is 1. The molecule has 4 nitrogen and oxygen atoms in total. The van der Waals surface area contributed by atoms with Gasteiger partial charge in [-0.3, -0.25) is 9.69 Å². The Balaban J connectivity index is 1.61. The highest BCUT2D eigenvalue weighted by Gasteiger charge is 2.85. The number of carbonyl (C=O) groups is 1. The Morgan fingerprint density at radius 3 is 2.73 bits per heavy atom. The molecule has 5 aliphatic carbocycles. The summed E-state index contributed by atoms with van der Waals surface area (Å²) in [4.78, 5) is 16.3. The first-order valence-electron chi connectivity index (χ1n) is 11.0. The quantitative estimate of drug-likeness (QED) is 0.753. The number of hydrogen-bond donors (Lipinski definition) is 2. The molecule has 144 valence electrons. The maximum atomic E-state index is 13.6. The van der Waals surface area contributed by atoms with Crippen LogP contribution in [0.1, 0.15) is 52.9 Å². The highest BCUT2D eigenvalue weighted by Crippen LogP contribution is 2.82. The van der Waals surface area contributed by atoms with E-state index in [2.05, 4.69) is 25.7 Å². The zero-order valence-electron chi connectivity index (χ0n) is 16.3. The van der Waals surface area contributed by atoms with Gasteiger partial charge in [0.1, 0.15) is 5.78 Å². The number of aliphatic hydroxyl groups excluding tert-OH is 2. The topological polar surface area (TPSA) is 60.8 Å². The Bertz CT molecular complexity index is 695. The van der Waals surface area contributed by atoms with Crippen LogP contribution < -0.4 is 0 Å². The van der Waals surface area contributed by atoms with Crippen LogP contribution in [0.4, 0.5) is 0 Å². The zero-order valence-corrected chi connectivity index (χ0v) is 16.3. The smallest absolute Gasteiger partial charge is 0.142 e. The van der Waals surface area contributed by atoms with Gasteiger partial charge < -0.3 is 10.2 Å². The van der Waals surface area contributed by atoms with Crippen LogP contribution in [0.2, 0.25) is 0 Å². The first kappa shape index (κ1) is 16.5. The van der Waals surface area contributed by atoms with Crippen molar-refractivity contribution in [3.63, 3.8) is 0 Å². The summed E-state index contributed by atoms with van der Waals surface area (Å²) in [6.45, 7) is 8.89. The van der Waals surface area contributed by atoms with Crippen molar-refractivity contribution in [1.29, 1.82) is 0 Å². The molecular weight excluding hydrogens is 326 g/mol. The largest absolute Gasteiger partial charge is 0.393 e. The summed E-state index contributed by atoms with van der Waals surface area (Å²) in [6, 6.07) is 0.353. The average molecular weight is 360 g/mol. The molecular formula is C22H33NO3. The standard InChI is InChI=1S/C22H33NO3/c1-4-23-10-20(3)6-5-17(25)22-15(20)7-13(18(22)23)21-9-12(11(2)19(21)26)14(24)8-16(21)22/h11-18,24-25H,4-10H2,1-3H3. The number of nitrogens with zero attached hydrogens (tertiary/aromatic N) is 1. The van der Waals surface area contributed by atoms with Crippen molar-refractivity contribution < 1.29 is 15.0 Å². The Kier molecular flexibility index (Phi) is 2.90. The molecule has 0 radical (unpaired) electrons. The molecule has 11 unspecified atom stereocenters. The van der Waals surface area contributed by atoms with E-state index in [1.54, 1.807) is 0 Å². The maximum absolute atomic E-state index is 13.6. The van der Waals surface area contributed by atoms with Gasteiger partial charge >= 0.3 is 0 Å². The van der Waals surface area contributed by atoms with Crippen molar-refractivity contribution in [2.45, 2.75) is 71.1 Å². The average Bonchev–Trinajstić information content (AvgIpc) is 3.14. The molecule has 4 heteroatoms. The van der Waals surface area contributed by atoms with E-state index in [1.807, 2.05) is 0 Å². The van der Waals surface area contributed by atoms with Gasteiger partial charge in [-0.25, -0.2) is 0 Å². The third-order valence-electron chi connectivity index (χ3n) is 10.7. The number of ketones is 1. The highest BCUT2D eigenvalue weighted by molar-refractivity contribution is 5.91. The van der Waals surface area contributed by atoms with Gasteiger partial charge in [-0.15, -0.1) is 0 Å². The molecule has 0 aromatic heterocycles. The minimum atomic E-state index is -0.362. The van der Waals surface area contributed by atoms with Gasteiger partial charge in [0, 0.05) is 29.3 Å². The van der Waals surface area contributed by atoms with E-state index in [4.69, 9.17) is 0 Å². The van der Waals surface area contributed by atoms with E-state index in [1.165, 1.54) is 0 Å². The van der Waals surface area contributed by atoms with Crippen molar-refractivity contribution in [3.05, 3.63) is 0 Å². The van der Waals surface area contributed by atoms with E-state index < -0.39 is 0 Å². The van der Waals surface area contributed by atoms with Crippen molar-refractivity contribution in [2.24, 2.45) is 45.8 Å². The van der Waals surface area contributed by atoms with Crippen LogP contribution in [0.25, 0.3) is 0 Å². The number of likely N-dealkylation sites (tertiary alicyclic amines) is 1. The van der Waals surface area contributed by atoms with Crippen LogP contribution in [0.15, 0.2) is 0 Å². The van der Waals surface area contributed by atoms with Gasteiger partial charge in [-0.2, -0.15) is 0 Å². The maximum Gasteiger partial charge on any atom is 0.142 e. The summed E-state index contributed by atoms with van der Waals surface area (Å²) in [5.41, 5.74) is -0.143. The number of Topliss-reactive ketones (excluding diaryl/α,β-unsaturated/α-hetero) is 1. The van der Waals surface area contributed by atoms with Gasteiger partial charge in [0.05, 0.1) is 12.2 Å². The summed E-state index contributed by atoms with van der Waals surface area (Å²) in [5.74, 6) is 1.70. The summed E-state index contributed by atoms with van der Waals surface area (Å²) in [7, 11) is 0. The normalized spacial score (nSPS) is 65.5. The van der Waals surface area contributed by atoms with Crippen LogP contribution >= 0.6 is 0 Å². The van der Waals surface area contributed by atoms with Crippen molar-refractivity contribution in [1.82, 2.24) is 4.90 Å². The molecule has 1 saturated heterocycles. The minimum absolute atomic E-state index is 0.00667. The van der Waals surface area contributed by atoms with Gasteiger partial charge in [0.15, 0.2) is 0 Å². The van der Waals surface area contributed by atoms with Gasteiger partial charge in [0.2, 0.25) is 0 Å². The lowest BCUT2D eigenvalue weighted by molar-refractivity contribution is -0.211. The Morgan fingerprint density at radius 2 is 2.00 bits per heavy atom. The fourth-order valence-electron chi connectivity index (χ4n) is 10.1. The number of fused-ring (bicyclic) bond motifs is 1. The third-order valence-corrected chi connectivity index (χ3v) is 10.7. The summed E-state index contributed by atoms with van der Waals surface area (Å²) < 4.78 is 0. The van der Waals surface area contributed by atoms with Crippen molar-refractivity contribution in [2.75, 3.05) is 13.1 Å². The number of piperidine rings is 1. The van der Waals surface area contributed by atoms with Crippen LogP contribution in [0.3, 0.4) is 0 Å². The fourth-order valence-corrected chi connectivity index (χ4v) is 10.1. The monoisotopic (exact) mass is 359 g/mol. The Hall–Kier alpha value is -0.450. The predicted molar refractivity (Wildman–Crippen MR) is 97.2 cm³/mol. The van der Waals surface area contributed by atoms with Crippen LogP contribution in [0, 0.1) is 45.8 Å². The number of carbonyl (C=O) groups excluding carboxylic acids is 1. The van der Waals surface area contributed by atoms with E-state index in [-0.39, 0.29) is 46.2 Å². The van der Waals surface area contributed by atoms with E-state index in [0.29, 0.717) is 23.7 Å². The molecule has 0 aromatic carbocycles. The van der Waals surface area contributed by atoms with Crippen molar-refractivity contribution >= 4 is 5.78 Å². The Labute approximate surface area is 156 Å². The molecule has 2 N–H and O–H groups in total. The second-order valence-corrected chi connectivity index (χ2v) is 11.0. The molecule has 0 aromatic rings. The molecule has 6 aliphatic rings. The fraction of sp³-hybridized carbons (Fsp3) is 0.955. The first-order valence-corrected chi connectivity index (χ1v) is 11.0. The van der Waals surface area contributed by atoms with Crippen LogP contribution in [-0.4, -0.2) is 52.2 Å². The second-order valence-electron chi connectivity index (χ2n) is 11.0. The molecule has 6 rings (SSSR count). The summed E-state index contributed by atoms with van der Waals surface area (Å²) in [6.07, 6.45) is 4.08. The lowest BCUT2D eigenvalue weighted by Gasteiger charge is -2.65. The molecule has 0 amide bonds. The van der Waals surface area contributed by atoms with Crippen LogP contribution in [-0.2, 0) is 4.79 Å². The van der Waals surface area contributed by atoms with Gasteiger partial charge in [-0.1, -0.05) is 20.8 Å². The molecule has 7 bridgehead atoms. The third kappa shape index (κ3) is 1.37. The summed E-state index contributed by atoms with van der Waals surface area (Å²) in [5, 5.41) is 22.4. The minimum Gasteiger partial charge on any atom is -0.393 e. The zero-order chi connectivity index (χ0) is 18.2. The summed E-state index contributed by atoms with van der Waals surface area (Å²) >= 11 is 0. The van der Waals surface area contributed by atoms with Gasteiger partial charge in [-0.05, 0) is 67.7 Å². The number of hydrogen-bond acceptors (Lipinski definition) is 4. The molecule has 26 heavy (non-hydrogen) atoms.